The molecule has 4 nitrogen and oxygen atoms in total. The van der Waals surface area contributed by atoms with Gasteiger partial charge in [0.15, 0.2) is 0 Å². The first-order chi connectivity index (χ1) is 9.70. The Morgan fingerprint density at radius 2 is 1.75 bits per heavy atom. The third-order valence-corrected chi connectivity index (χ3v) is 4.33. The Hall–Kier alpha value is -1.84. The molecule has 1 aromatic rings. The molecule has 1 aliphatic heterocycles. The molecule has 20 heavy (non-hydrogen) atoms. The lowest BCUT2D eigenvalue weighted by molar-refractivity contribution is -0.152. The number of benzene rings is 1. The van der Waals surface area contributed by atoms with Gasteiger partial charge in [0, 0.05) is 6.54 Å². The van der Waals surface area contributed by atoms with Gasteiger partial charge in [0.1, 0.15) is 5.54 Å². The molecule has 1 aliphatic carbocycles. The zero-order valence-corrected chi connectivity index (χ0v) is 11.6. The minimum atomic E-state index is -0.623. The van der Waals surface area contributed by atoms with Gasteiger partial charge in [-0.15, -0.1) is 0 Å². The van der Waals surface area contributed by atoms with Crippen LogP contribution in [0.5, 0.6) is 0 Å². The van der Waals surface area contributed by atoms with Crippen LogP contribution in [0.15, 0.2) is 30.3 Å². The first kappa shape index (κ1) is 13.2. The number of hydrogen-bond acceptors (Lipinski definition) is 2. The second-order valence-electron chi connectivity index (χ2n) is 5.84. The van der Waals surface area contributed by atoms with E-state index in [0.29, 0.717) is 6.54 Å². The fourth-order valence-corrected chi connectivity index (χ4v) is 3.33. The first-order valence-corrected chi connectivity index (χ1v) is 7.34. The van der Waals surface area contributed by atoms with E-state index in [2.05, 4.69) is 5.32 Å². The summed E-state index contributed by atoms with van der Waals surface area (Å²) in [7, 11) is 0. The van der Waals surface area contributed by atoms with E-state index < -0.39 is 5.54 Å². The van der Waals surface area contributed by atoms with Crippen LogP contribution in [0.3, 0.4) is 0 Å². The summed E-state index contributed by atoms with van der Waals surface area (Å²) in [6.45, 7) is 0.699. The van der Waals surface area contributed by atoms with Gasteiger partial charge in [-0.25, -0.2) is 0 Å². The van der Waals surface area contributed by atoms with E-state index in [-0.39, 0.29) is 18.4 Å². The van der Waals surface area contributed by atoms with Crippen molar-refractivity contribution in [1.29, 1.82) is 0 Å². The molecule has 0 radical (unpaired) electrons. The van der Waals surface area contributed by atoms with Crippen LogP contribution < -0.4 is 5.32 Å². The van der Waals surface area contributed by atoms with Crippen LogP contribution in [0.2, 0.25) is 0 Å². The number of carbonyl (C=O) groups excluding carboxylic acids is 2. The second-order valence-corrected chi connectivity index (χ2v) is 5.84. The van der Waals surface area contributed by atoms with E-state index in [4.69, 9.17) is 0 Å². The number of nitrogens with zero attached hydrogens (tertiary/aromatic N) is 1. The van der Waals surface area contributed by atoms with Gasteiger partial charge in [-0.05, 0) is 18.4 Å². The summed E-state index contributed by atoms with van der Waals surface area (Å²) < 4.78 is 0. The molecule has 0 atom stereocenters. The number of carbonyl (C=O) groups is 2. The Bertz CT molecular complexity index is 506. The minimum absolute atomic E-state index is 0.0255. The lowest BCUT2D eigenvalue weighted by atomic mass is 9.79. The molecule has 0 aromatic heterocycles. The molecule has 0 bridgehead atoms. The van der Waals surface area contributed by atoms with Gasteiger partial charge in [-0.1, -0.05) is 49.6 Å². The number of nitrogens with one attached hydrogen (secondary N) is 1. The molecule has 1 N–H and O–H groups in total. The van der Waals surface area contributed by atoms with E-state index in [0.717, 1.165) is 37.7 Å². The zero-order chi connectivity index (χ0) is 14.0. The Morgan fingerprint density at radius 1 is 1.05 bits per heavy atom. The molecule has 2 amide bonds. The van der Waals surface area contributed by atoms with Crippen molar-refractivity contribution in [3.63, 3.8) is 0 Å². The normalized spacial score (nSPS) is 21.9. The third-order valence-electron chi connectivity index (χ3n) is 4.33. The first-order valence-electron chi connectivity index (χ1n) is 7.34. The summed E-state index contributed by atoms with van der Waals surface area (Å²) in [6, 6.07) is 9.86. The average Bonchev–Trinajstić information content (AvgIpc) is 2.46. The Labute approximate surface area is 119 Å². The molecule has 0 unspecified atom stereocenters. The van der Waals surface area contributed by atoms with Crippen LogP contribution in [0.25, 0.3) is 0 Å². The highest BCUT2D eigenvalue weighted by Crippen LogP contribution is 2.32. The standard InChI is InChI=1S/C16H20N2O2/c19-14-12-18(11-13-7-3-1-4-8-13)15(20)16(17-14)9-5-2-6-10-16/h1,3-4,7-8H,2,5-6,9-12H2,(H,17,19). The highest BCUT2D eigenvalue weighted by molar-refractivity contribution is 5.98. The van der Waals surface area contributed by atoms with E-state index in [1.54, 1.807) is 4.90 Å². The van der Waals surface area contributed by atoms with Crippen LogP contribution in [-0.4, -0.2) is 28.8 Å². The lowest BCUT2D eigenvalue weighted by Gasteiger charge is -2.44. The second kappa shape index (κ2) is 5.27. The van der Waals surface area contributed by atoms with Gasteiger partial charge in [-0.3, -0.25) is 9.59 Å². The maximum absolute atomic E-state index is 12.8. The highest BCUT2D eigenvalue weighted by atomic mass is 16.2. The summed E-state index contributed by atoms with van der Waals surface area (Å²) in [6.07, 6.45) is 4.76. The van der Waals surface area contributed by atoms with Gasteiger partial charge >= 0.3 is 0 Å². The molecular formula is C16H20N2O2. The van der Waals surface area contributed by atoms with Crippen molar-refractivity contribution in [2.75, 3.05) is 6.54 Å². The molecule has 1 saturated heterocycles. The molecular weight excluding hydrogens is 252 g/mol. The summed E-state index contributed by atoms with van der Waals surface area (Å²) in [5.74, 6) is 0.0723. The monoisotopic (exact) mass is 272 g/mol. The van der Waals surface area contributed by atoms with Crippen molar-refractivity contribution >= 4 is 11.8 Å². The number of rotatable bonds is 2. The molecule has 1 aromatic carbocycles. The largest absolute Gasteiger partial charge is 0.340 e. The van der Waals surface area contributed by atoms with Gasteiger partial charge in [0.2, 0.25) is 11.8 Å². The van der Waals surface area contributed by atoms with Crippen molar-refractivity contribution in [3.05, 3.63) is 35.9 Å². The summed E-state index contributed by atoms with van der Waals surface area (Å²) >= 11 is 0. The molecule has 2 aliphatic rings. The fraction of sp³-hybridized carbons (Fsp3) is 0.500. The molecule has 1 saturated carbocycles. The molecule has 2 fully saturated rings. The van der Waals surface area contributed by atoms with Crippen LogP contribution >= 0.6 is 0 Å². The number of piperazine rings is 1. The molecule has 1 spiro atoms. The van der Waals surface area contributed by atoms with Crippen molar-refractivity contribution in [3.8, 4) is 0 Å². The molecule has 1 heterocycles. The van der Waals surface area contributed by atoms with Crippen molar-refractivity contribution in [1.82, 2.24) is 10.2 Å². The van der Waals surface area contributed by atoms with Gasteiger partial charge in [-0.2, -0.15) is 0 Å². The summed E-state index contributed by atoms with van der Waals surface area (Å²) in [5.41, 5.74) is 0.448. The van der Waals surface area contributed by atoms with Crippen LogP contribution in [0, 0.1) is 0 Å². The lowest BCUT2D eigenvalue weighted by Crippen LogP contribution is -2.66. The van der Waals surface area contributed by atoms with E-state index in [1.165, 1.54) is 0 Å². The molecule has 3 rings (SSSR count). The number of amides is 2. The van der Waals surface area contributed by atoms with Crippen molar-refractivity contribution < 1.29 is 9.59 Å². The van der Waals surface area contributed by atoms with Gasteiger partial charge in [0.05, 0.1) is 6.54 Å². The Kier molecular flexibility index (Phi) is 3.47. The zero-order valence-electron chi connectivity index (χ0n) is 11.6. The predicted molar refractivity (Wildman–Crippen MR) is 75.8 cm³/mol. The van der Waals surface area contributed by atoms with Crippen molar-refractivity contribution in [2.24, 2.45) is 0 Å². The van der Waals surface area contributed by atoms with Gasteiger partial charge < -0.3 is 10.2 Å². The summed E-state index contributed by atoms with van der Waals surface area (Å²) in [5, 5.41) is 2.97. The fourth-order valence-electron chi connectivity index (χ4n) is 3.33. The Morgan fingerprint density at radius 3 is 2.45 bits per heavy atom. The van der Waals surface area contributed by atoms with Crippen LogP contribution in [0.4, 0.5) is 0 Å². The van der Waals surface area contributed by atoms with Gasteiger partial charge in [0.25, 0.3) is 0 Å². The minimum Gasteiger partial charge on any atom is -0.340 e. The van der Waals surface area contributed by atoms with E-state index >= 15 is 0 Å². The highest BCUT2D eigenvalue weighted by Gasteiger charge is 2.46. The smallest absolute Gasteiger partial charge is 0.249 e. The van der Waals surface area contributed by atoms with Crippen LogP contribution in [0.1, 0.15) is 37.7 Å². The Balaban J connectivity index is 1.80. The maximum Gasteiger partial charge on any atom is 0.249 e. The van der Waals surface area contributed by atoms with Crippen LogP contribution in [-0.2, 0) is 16.1 Å². The molecule has 4 heteroatoms. The van der Waals surface area contributed by atoms with Crippen molar-refractivity contribution in [2.45, 2.75) is 44.2 Å². The maximum atomic E-state index is 12.8. The van der Waals surface area contributed by atoms with E-state index in [1.807, 2.05) is 30.3 Å². The summed E-state index contributed by atoms with van der Waals surface area (Å²) in [4.78, 5) is 26.4. The van der Waals surface area contributed by atoms with E-state index in [9.17, 15) is 9.59 Å². The SMILES string of the molecule is O=C1CN(Cc2ccccc2)C(=O)C2(CCCCC2)N1. The predicted octanol–water partition coefficient (Wildman–Crippen LogP) is 1.85. The number of hydrogen-bond donors (Lipinski definition) is 1. The average molecular weight is 272 g/mol. The quantitative estimate of drug-likeness (QED) is 0.893. The third kappa shape index (κ3) is 2.42. The topological polar surface area (TPSA) is 49.4 Å². The molecule has 106 valence electrons.